The Morgan fingerprint density at radius 2 is 1.24 bits per heavy atom. The summed E-state index contributed by atoms with van der Waals surface area (Å²) in [6, 6.07) is 27.4. The van der Waals surface area contributed by atoms with Gasteiger partial charge in [0, 0.05) is 5.56 Å². The van der Waals surface area contributed by atoms with Crippen molar-refractivity contribution in [2.75, 3.05) is 0 Å². The molecule has 33 heavy (non-hydrogen) atoms. The van der Waals surface area contributed by atoms with E-state index >= 15 is 0 Å². The van der Waals surface area contributed by atoms with Crippen LogP contribution in [0.4, 0.5) is 0 Å². The Kier molecular flexibility index (Phi) is 7.44. The molecule has 0 aliphatic rings. The van der Waals surface area contributed by atoms with Crippen molar-refractivity contribution in [2.45, 2.75) is 45.4 Å². The molecule has 0 saturated carbocycles. The van der Waals surface area contributed by atoms with Crippen molar-refractivity contribution in [3.05, 3.63) is 108 Å². The monoisotopic (exact) mass is 443 g/mol. The van der Waals surface area contributed by atoms with Crippen LogP contribution >= 0.6 is 0 Å². The predicted octanol–water partition coefficient (Wildman–Crippen LogP) is 5.74. The van der Waals surface area contributed by atoms with Gasteiger partial charge in [-0.15, -0.1) is 0 Å². The number of nitrogens with zero attached hydrogens (tertiary/aromatic N) is 1. The molecular weight excluding hydrogens is 414 g/mol. The van der Waals surface area contributed by atoms with Gasteiger partial charge in [-0.25, -0.2) is 9.59 Å². The van der Waals surface area contributed by atoms with Gasteiger partial charge in [-0.1, -0.05) is 78.9 Å². The zero-order valence-electron chi connectivity index (χ0n) is 19.4. The Hall–Kier alpha value is -3.73. The SMILES string of the molecule is CC(C)(C)OC(=O)C(=NCc1ccccc1)C(C)(OC(=O)c1ccccc1)c1ccccc1. The molecule has 5 heteroatoms. The summed E-state index contributed by atoms with van der Waals surface area (Å²) in [6.45, 7) is 7.28. The third kappa shape index (κ3) is 6.39. The Morgan fingerprint density at radius 3 is 1.79 bits per heavy atom. The summed E-state index contributed by atoms with van der Waals surface area (Å²) in [5.74, 6) is -1.19. The minimum Gasteiger partial charge on any atom is -0.455 e. The molecule has 0 aromatic heterocycles. The van der Waals surface area contributed by atoms with E-state index in [1.165, 1.54) is 0 Å². The van der Waals surface area contributed by atoms with Crippen molar-refractivity contribution in [1.29, 1.82) is 0 Å². The van der Waals surface area contributed by atoms with Crippen LogP contribution in [0.1, 0.15) is 49.2 Å². The van der Waals surface area contributed by atoms with Crippen molar-refractivity contribution >= 4 is 17.7 Å². The first-order valence-electron chi connectivity index (χ1n) is 10.9. The highest BCUT2D eigenvalue weighted by molar-refractivity contribution is 6.40. The summed E-state index contributed by atoms with van der Waals surface area (Å²) >= 11 is 0. The fourth-order valence-electron chi connectivity index (χ4n) is 3.31. The number of benzene rings is 3. The zero-order valence-corrected chi connectivity index (χ0v) is 19.4. The van der Waals surface area contributed by atoms with Crippen LogP contribution in [0, 0.1) is 0 Å². The fourth-order valence-corrected chi connectivity index (χ4v) is 3.31. The van der Waals surface area contributed by atoms with Crippen LogP contribution in [0.25, 0.3) is 0 Å². The number of rotatable bonds is 7. The summed E-state index contributed by atoms with van der Waals surface area (Å²) in [7, 11) is 0. The number of hydrogen-bond acceptors (Lipinski definition) is 5. The van der Waals surface area contributed by atoms with Crippen LogP contribution in [0.2, 0.25) is 0 Å². The summed E-state index contributed by atoms with van der Waals surface area (Å²) in [6.07, 6.45) is 0. The maximum absolute atomic E-state index is 13.4. The molecule has 0 spiro atoms. The molecule has 0 heterocycles. The second-order valence-electron chi connectivity index (χ2n) is 8.81. The van der Waals surface area contributed by atoms with Crippen LogP contribution in [-0.2, 0) is 26.4 Å². The average Bonchev–Trinajstić information content (AvgIpc) is 2.80. The van der Waals surface area contributed by atoms with Gasteiger partial charge in [-0.2, -0.15) is 0 Å². The van der Waals surface area contributed by atoms with E-state index in [9.17, 15) is 9.59 Å². The van der Waals surface area contributed by atoms with Gasteiger partial charge < -0.3 is 9.47 Å². The molecule has 1 atom stereocenters. The Morgan fingerprint density at radius 1 is 0.727 bits per heavy atom. The van der Waals surface area contributed by atoms with E-state index in [-0.39, 0.29) is 12.3 Å². The molecule has 0 aliphatic heterocycles. The van der Waals surface area contributed by atoms with E-state index in [1.807, 2.05) is 54.6 Å². The highest BCUT2D eigenvalue weighted by Crippen LogP contribution is 2.31. The lowest BCUT2D eigenvalue weighted by molar-refractivity contribution is -0.147. The smallest absolute Gasteiger partial charge is 0.357 e. The quantitative estimate of drug-likeness (QED) is 0.345. The number of carbonyl (C=O) groups excluding carboxylic acids is 2. The highest BCUT2D eigenvalue weighted by atomic mass is 16.6. The second kappa shape index (κ2) is 10.3. The summed E-state index contributed by atoms with van der Waals surface area (Å²) in [5, 5.41) is 0. The molecule has 0 bridgehead atoms. The van der Waals surface area contributed by atoms with Gasteiger partial charge in [-0.05, 0) is 45.4 Å². The van der Waals surface area contributed by atoms with Crippen molar-refractivity contribution in [3.8, 4) is 0 Å². The third-order valence-electron chi connectivity index (χ3n) is 4.94. The molecule has 0 aliphatic carbocycles. The molecule has 0 radical (unpaired) electrons. The van der Waals surface area contributed by atoms with Gasteiger partial charge >= 0.3 is 11.9 Å². The number of aliphatic imine (C=N–C) groups is 1. The Bertz CT molecular complexity index is 1100. The van der Waals surface area contributed by atoms with E-state index in [0.29, 0.717) is 11.1 Å². The maximum atomic E-state index is 13.4. The van der Waals surface area contributed by atoms with E-state index < -0.39 is 23.1 Å². The fraction of sp³-hybridized carbons (Fsp3) is 0.250. The average molecular weight is 444 g/mol. The second-order valence-corrected chi connectivity index (χ2v) is 8.81. The molecule has 3 aromatic carbocycles. The summed E-state index contributed by atoms with van der Waals surface area (Å²) in [4.78, 5) is 31.1. The van der Waals surface area contributed by atoms with Crippen molar-refractivity contribution < 1.29 is 19.1 Å². The molecule has 0 saturated heterocycles. The molecule has 0 fully saturated rings. The topological polar surface area (TPSA) is 65.0 Å². The first-order valence-corrected chi connectivity index (χ1v) is 10.9. The van der Waals surface area contributed by atoms with Gasteiger partial charge in [-0.3, -0.25) is 4.99 Å². The number of esters is 2. The number of ether oxygens (including phenoxy) is 2. The van der Waals surface area contributed by atoms with Crippen molar-refractivity contribution in [3.63, 3.8) is 0 Å². The minimum absolute atomic E-state index is 0.0248. The van der Waals surface area contributed by atoms with Crippen molar-refractivity contribution in [2.24, 2.45) is 4.99 Å². The van der Waals surface area contributed by atoms with Gasteiger partial charge in [0.05, 0.1) is 12.1 Å². The first-order chi connectivity index (χ1) is 15.7. The molecule has 0 amide bonds. The van der Waals surface area contributed by atoms with E-state index in [0.717, 1.165) is 5.56 Å². The number of carbonyl (C=O) groups is 2. The minimum atomic E-state index is -1.47. The maximum Gasteiger partial charge on any atom is 0.357 e. The van der Waals surface area contributed by atoms with Crippen LogP contribution in [-0.4, -0.2) is 23.3 Å². The van der Waals surface area contributed by atoms with Crippen LogP contribution < -0.4 is 0 Å². The lowest BCUT2D eigenvalue weighted by atomic mass is 9.89. The molecule has 5 nitrogen and oxygen atoms in total. The Balaban J connectivity index is 2.09. The Labute approximate surface area is 195 Å². The molecule has 1 unspecified atom stereocenters. The van der Waals surface area contributed by atoms with Gasteiger partial charge in [0.1, 0.15) is 5.60 Å². The predicted molar refractivity (Wildman–Crippen MR) is 129 cm³/mol. The number of hydrogen-bond donors (Lipinski definition) is 0. The lowest BCUT2D eigenvalue weighted by Gasteiger charge is -2.32. The summed E-state index contributed by atoms with van der Waals surface area (Å²) in [5.41, 5.74) is -0.268. The van der Waals surface area contributed by atoms with Crippen LogP contribution in [0.3, 0.4) is 0 Å². The standard InChI is InChI=1S/C28H29NO4/c1-27(2,3)32-26(31)24(29-20-21-14-8-5-9-15-21)28(4,23-18-12-7-13-19-23)33-25(30)22-16-10-6-11-17-22/h5-19H,20H2,1-4H3. The van der Waals surface area contributed by atoms with Crippen LogP contribution in [0.15, 0.2) is 96.0 Å². The molecule has 170 valence electrons. The summed E-state index contributed by atoms with van der Waals surface area (Å²) < 4.78 is 11.7. The lowest BCUT2D eigenvalue weighted by Crippen LogP contribution is -2.45. The van der Waals surface area contributed by atoms with E-state index in [4.69, 9.17) is 9.47 Å². The normalized spacial score (nSPS) is 13.6. The highest BCUT2D eigenvalue weighted by Gasteiger charge is 2.43. The van der Waals surface area contributed by atoms with Gasteiger partial charge in [0.15, 0.2) is 11.3 Å². The molecule has 0 N–H and O–H groups in total. The van der Waals surface area contributed by atoms with Gasteiger partial charge in [0.25, 0.3) is 0 Å². The molecule has 3 rings (SSSR count). The first kappa shape index (κ1) is 23.9. The molecule has 3 aromatic rings. The van der Waals surface area contributed by atoms with Crippen LogP contribution in [0.5, 0.6) is 0 Å². The van der Waals surface area contributed by atoms with E-state index in [1.54, 1.807) is 64.1 Å². The van der Waals surface area contributed by atoms with E-state index in [2.05, 4.69) is 4.99 Å². The van der Waals surface area contributed by atoms with Gasteiger partial charge in [0.2, 0.25) is 0 Å². The van der Waals surface area contributed by atoms with Crippen molar-refractivity contribution in [1.82, 2.24) is 0 Å². The zero-order chi connectivity index (χ0) is 23.9. The third-order valence-corrected chi connectivity index (χ3v) is 4.94. The largest absolute Gasteiger partial charge is 0.455 e. The molecular formula is C28H29NO4.